The molecule has 0 spiro atoms. The Labute approximate surface area is 223 Å². The number of nitrogens with zero attached hydrogens (tertiary/aromatic N) is 5. The van der Waals surface area contributed by atoms with Gasteiger partial charge in [-0.05, 0) is 23.8 Å². The van der Waals surface area contributed by atoms with Crippen molar-refractivity contribution in [1.29, 1.82) is 26.3 Å². The first-order valence-electron chi connectivity index (χ1n) is 9.78. The summed E-state index contributed by atoms with van der Waals surface area (Å²) in [6.07, 6.45) is -17.9. The van der Waals surface area contributed by atoms with E-state index >= 15 is 0 Å². The van der Waals surface area contributed by atoms with Gasteiger partial charge in [-0.1, -0.05) is 19.4 Å². The van der Waals surface area contributed by atoms with Crippen LogP contribution in [-0.4, -0.2) is 0 Å². The fourth-order valence-electron chi connectivity index (χ4n) is 3.61. The van der Waals surface area contributed by atoms with Crippen LogP contribution in [0.15, 0.2) is 23.1 Å². The predicted molar refractivity (Wildman–Crippen MR) is 111 cm³/mol. The Balaban J connectivity index is 3.71. The van der Waals surface area contributed by atoms with E-state index in [9.17, 15) is 69.5 Å². The second-order valence-corrected chi connectivity index (χ2v) is 10.1. The van der Waals surface area contributed by atoms with Crippen molar-refractivity contribution in [2.45, 2.75) is 23.4 Å². The van der Waals surface area contributed by atoms with Gasteiger partial charge in [-0.2, -0.15) is 65.8 Å². The first kappa shape index (κ1) is 33.2. The molecule has 0 fully saturated rings. The van der Waals surface area contributed by atoms with E-state index in [0.717, 1.165) is 0 Å². The third-order valence-corrected chi connectivity index (χ3v) is 6.28. The molecule has 0 N–H and O–H groups in total. The molecule has 0 aliphatic carbocycles. The van der Waals surface area contributed by atoms with Crippen LogP contribution in [0.4, 0.5) is 58.9 Å². The molecule has 2 aromatic rings. The second-order valence-electron chi connectivity index (χ2n) is 7.77. The number of benzene rings is 2. The van der Waals surface area contributed by atoms with E-state index in [0.29, 0.717) is 30.3 Å². The average molecular weight is 635 g/mol. The summed E-state index contributed by atoms with van der Waals surface area (Å²) < 4.78 is 194. The molecule has 2 rings (SSSR count). The summed E-state index contributed by atoms with van der Waals surface area (Å²) in [4.78, 5) is -3.63. The van der Waals surface area contributed by atoms with E-state index in [2.05, 4.69) is 0 Å². The number of nitriles is 5. The Morgan fingerprint density at radius 1 is 0.571 bits per heavy atom. The lowest BCUT2D eigenvalue weighted by Crippen LogP contribution is -2.34. The topological polar surface area (TPSA) is 119 Å². The smallest absolute Gasteiger partial charge is 0.192 e. The molecular formula is C22H3F14N5S. The highest BCUT2D eigenvalue weighted by Gasteiger charge is 2.68. The minimum atomic E-state index is -11.5. The monoisotopic (exact) mass is 635 g/mol. The molecule has 0 aliphatic rings. The summed E-state index contributed by atoms with van der Waals surface area (Å²) in [5.41, 5.74) is -19.0. The van der Waals surface area contributed by atoms with Gasteiger partial charge in [0.25, 0.3) is 0 Å². The molecule has 220 valence electrons. The van der Waals surface area contributed by atoms with Crippen molar-refractivity contribution in [2.24, 2.45) is 0 Å². The maximum absolute atomic E-state index is 14.1. The predicted octanol–water partition coefficient (Wildman–Crippen LogP) is 7.06. The normalized spacial score (nSPS) is 14.6. The number of alkyl halides is 9. The van der Waals surface area contributed by atoms with Crippen molar-refractivity contribution in [3.63, 3.8) is 0 Å². The maximum atomic E-state index is 14.1. The van der Waals surface area contributed by atoms with Crippen molar-refractivity contribution in [3.8, 4) is 30.3 Å². The van der Waals surface area contributed by atoms with Gasteiger partial charge in [-0.3, -0.25) is 0 Å². The van der Waals surface area contributed by atoms with Crippen LogP contribution in [0.1, 0.15) is 33.4 Å². The molecular weight excluding hydrogens is 632 g/mol. The van der Waals surface area contributed by atoms with Crippen molar-refractivity contribution in [1.82, 2.24) is 0 Å². The van der Waals surface area contributed by atoms with E-state index < -0.39 is 107 Å². The Hall–Kier alpha value is -5.00. The summed E-state index contributed by atoms with van der Waals surface area (Å²) in [6.45, 7) is 0. The molecule has 2 aromatic carbocycles. The zero-order valence-electron chi connectivity index (χ0n) is 19.2. The molecule has 0 heterocycles. The van der Waals surface area contributed by atoms with Crippen LogP contribution in [0.5, 0.6) is 0 Å². The summed E-state index contributed by atoms with van der Waals surface area (Å²) in [5.74, 6) is 0. The zero-order chi connectivity index (χ0) is 32.9. The average Bonchev–Trinajstić information content (AvgIpc) is 2.81. The van der Waals surface area contributed by atoms with Crippen molar-refractivity contribution < 1.29 is 58.9 Å². The molecule has 0 amide bonds. The molecule has 0 aliphatic heterocycles. The van der Waals surface area contributed by atoms with Gasteiger partial charge in [-0.25, -0.2) is 0 Å². The molecule has 0 aromatic heterocycles. The lowest BCUT2D eigenvalue weighted by atomic mass is 9.91. The number of halogens is 14. The summed E-state index contributed by atoms with van der Waals surface area (Å²) in [7, 11) is -11.5. The van der Waals surface area contributed by atoms with Gasteiger partial charge in [0, 0.05) is 10.4 Å². The van der Waals surface area contributed by atoms with Crippen LogP contribution in [0.2, 0.25) is 0 Å². The van der Waals surface area contributed by atoms with E-state index in [1.807, 2.05) is 0 Å². The SMILES string of the molecule is N#CC(C#N)=c1cc(C(F)(F)F)/c(=C(/C#N)c2cc(C(F)(F)F)c(C#N)c(C(F)(F)F)c2)c(C#N)c1S(F)(F)(F)(F)F. The fraction of sp³-hybridized carbons (Fsp3) is 0.136. The second kappa shape index (κ2) is 9.26. The standard InChI is InChI=1S/C22H3F14N5S/c23-20(24,25)15-1-9(2-16(13(15)7-40)21(26,27)28)12(6-39)18-14(8-41)19(42(32,33,34,35)36)11(10(4-37)5-38)3-17(18)22(29,30)31/h1-3H/b18-12-. The lowest BCUT2D eigenvalue weighted by molar-refractivity contribution is -0.143. The van der Waals surface area contributed by atoms with Crippen molar-refractivity contribution >= 4 is 21.4 Å². The Morgan fingerprint density at radius 2 is 0.976 bits per heavy atom. The third-order valence-electron chi connectivity index (χ3n) is 5.09. The summed E-state index contributed by atoms with van der Waals surface area (Å²) >= 11 is 0. The first-order chi connectivity index (χ1) is 18.7. The van der Waals surface area contributed by atoms with E-state index in [4.69, 9.17) is 15.8 Å². The molecule has 42 heavy (non-hydrogen) atoms. The van der Waals surface area contributed by atoms with Crippen LogP contribution in [-0.2, 0) is 18.5 Å². The summed E-state index contributed by atoms with van der Waals surface area (Å²) in [6, 6.07) is 0.703. The van der Waals surface area contributed by atoms with Gasteiger partial charge >= 0.3 is 28.8 Å². The van der Waals surface area contributed by atoms with Gasteiger partial charge in [0.1, 0.15) is 40.8 Å². The van der Waals surface area contributed by atoms with Crippen LogP contribution in [0.3, 0.4) is 0 Å². The molecule has 0 saturated carbocycles. The highest BCUT2D eigenvalue weighted by atomic mass is 32.5. The molecule has 0 atom stereocenters. The summed E-state index contributed by atoms with van der Waals surface area (Å²) in [5, 5.41) is 40.5. The van der Waals surface area contributed by atoms with Gasteiger partial charge < -0.3 is 0 Å². The Kier molecular flexibility index (Phi) is 7.32. The van der Waals surface area contributed by atoms with E-state index in [1.165, 1.54) is 0 Å². The largest absolute Gasteiger partial charge is 0.417 e. The highest BCUT2D eigenvalue weighted by molar-refractivity contribution is 8.45. The number of rotatable bonds is 2. The van der Waals surface area contributed by atoms with E-state index in [1.54, 1.807) is 0 Å². The minimum absolute atomic E-state index is 0.303. The number of hydrogen-bond acceptors (Lipinski definition) is 5. The van der Waals surface area contributed by atoms with Crippen molar-refractivity contribution in [3.05, 3.63) is 62.0 Å². The van der Waals surface area contributed by atoms with Crippen molar-refractivity contribution in [2.75, 3.05) is 0 Å². The van der Waals surface area contributed by atoms with E-state index in [-0.39, 0.29) is 0 Å². The molecule has 0 bridgehead atoms. The molecule has 0 saturated heterocycles. The molecule has 0 unspecified atom stereocenters. The Bertz CT molecular complexity index is 1810. The Morgan fingerprint density at radius 3 is 1.26 bits per heavy atom. The zero-order valence-corrected chi connectivity index (χ0v) is 20.0. The van der Waals surface area contributed by atoms with Crippen LogP contribution >= 0.6 is 10.2 Å². The van der Waals surface area contributed by atoms with Gasteiger partial charge in [0.15, 0.2) is 0 Å². The van der Waals surface area contributed by atoms with Crippen LogP contribution in [0.25, 0.3) is 11.1 Å². The highest BCUT2D eigenvalue weighted by Crippen LogP contribution is 3.01. The van der Waals surface area contributed by atoms with Crippen LogP contribution < -0.4 is 10.4 Å². The fourth-order valence-corrected chi connectivity index (χ4v) is 4.72. The number of hydrogen-bond donors (Lipinski definition) is 0. The minimum Gasteiger partial charge on any atom is -0.192 e. The van der Waals surface area contributed by atoms with Gasteiger partial charge in [0.2, 0.25) is 0 Å². The van der Waals surface area contributed by atoms with Gasteiger partial charge in [0.05, 0.1) is 33.4 Å². The molecule has 20 heteroatoms. The maximum Gasteiger partial charge on any atom is 0.417 e. The molecule has 5 nitrogen and oxygen atoms in total. The lowest BCUT2D eigenvalue weighted by Gasteiger charge is -2.41. The quantitative estimate of drug-likeness (QED) is 0.328. The third kappa shape index (κ3) is 6.17. The first-order valence-corrected chi connectivity index (χ1v) is 11.7. The molecule has 0 radical (unpaired) electrons. The van der Waals surface area contributed by atoms with Gasteiger partial charge in [-0.15, -0.1) is 0 Å². The van der Waals surface area contributed by atoms with Crippen LogP contribution in [0, 0.1) is 56.7 Å².